The number of carbonyl (C=O) groups excluding carboxylic acids is 1. The summed E-state index contributed by atoms with van der Waals surface area (Å²) in [6.45, 7) is 10.7. The van der Waals surface area contributed by atoms with E-state index in [1.54, 1.807) is 11.1 Å². The van der Waals surface area contributed by atoms with Gasteiger partial charge in [-0.25, -0.2) is 0 Å². The van der Waals surface area contributed by atoms with Gasteiger partial charge in [0.25, 0.3) is 0 Å². The van der Waals surface area contributed by atoms with Crippen LogP contribution in [0.3, 0.4) is 0 Å². The summed E-state index contributed by atoms with van der Waals surface area (Å²) < 4.78 is 0. The molecule has 4 rings (SSSR count). The highest BCUT2D eigenvalue weighted by Gasteiger charge is 2.55. The van der Waals surface area contributed by atoms with E-state index in [1.807, 2.05) is 18.2 Å². The molecule has 0 aliphatic carbocycles. The molecule has 2 fully saturated rings. The lowest BCUT2D eigenvalue weighted by Gasteiger charge is -2.55. The Morgan fingerprint density at radius 3 is 2.40 bits per heavy atom. The molecule has 1 aromatic heterocycles. The zero-order chi connectivity index (χ0) is 21.7. The van der Waals surface area contributed by atoms with Crippen LogP contribution < -0.4 is 4.90 Å². The molecule has 2 atom stereocenters. The van der Waals surface area contributed by atoms with Crippen molar-refractivity contribution in [3.8, 4) is 0 Å². The summed E-state index contributed by atoms with van der Waals surface area (Å²) in [4.78, 5) is 16.3. The van der Waals surface area contributed by atoms with E-state index < -0.39 is 5.60 Å². The predicted molar refractivity (Wildman–Crippen MR) is 117 cm³/mol. The number of anilines is 1. The molecule has 0 radical (unpaired) electrons. The number of nitrogens with zero attached hydrogens (tertiary/aromatic N) is 4. The molecule has 1 unspecified atom stereocenters. The second-order valence-corrected chi connectivity index (χ2v) is 9.84. The van der Waals surface area contributed by atoms with Crippen molar-refractivity contribution in [2.45, 2.75) is 45.6 Å². The third-order valence-corrected chi connectivity index (χ3v) is 6.76. The molecular weight excluding hydrogens is 376 g/mol. The van der Waals surface area contributed by atoms with E-state index in [0.717, 1.165) is 18.7 Å². The maximum atomic E-state index is 12.4. The lowest BCUT2D eigenvalue weighted by atomic mass is 9.62. The second-order valence-electron chi connectivity index (χ2n) is 9.84. The van der Waals surface area contributed by atoms with E-state index in [2.05, 4.69) is 62.0 Å². The summed E-state index contributed by atoms with van der Waals surface area (Å²) in [5.41, 5.74) is 1.18. The van der Waals surface area contributed by atoms with Crippen molar-refractivity contribution in [1.82, 2.24) is 15.1 Å². The minimum Gasteiger partial charge on any atom is -0.380 e. The summed E-state index contributed by atoms with van der Waals surface area (Å²) >= 11 is 0. The van der Waals surface area contributed by atoms with Gasteiger partial charge in [-0.15, -0.1) is 5.10 Å². The molecule has 0 bridgehead atoms. The molecule has 1 amide bonds. The van der Waals surface area contributed by atoms with Crippen molar-refractivity contribution in [3.05, 3.63) is 53.2 Å². The van der Waals surface area contributed by atoms with Crippen molar-refractivity contribution in [3.63, 3.8) is 0 Å². The number of likely N-dealkylation sites (tertiary alicyclic amines) is 1. The number of aromatic nitrogens is 2. The molecule has 6 heteroatoms. The highest BCUT2D eigenvalue weighted by Crippen LogP contribution is 2.50. The van der Waals surface area contributed by atoms with Crippen LogP contribution in [0.25, 0.3) is 0 Å². The van der Waals surface area contributed by atoms with Gasteiger partial charge in [0.05, 0.1) is 6.20 Å². The first-order chi connectivity index (χ1) is 14.1. The van der Waals surface area contributed by atoms with Gasteiger partial charge in [-0.2, -0.15) is 5.10 Å². The summed E-state index contributed by atoms with van der Waals surface area (Å²) in [6.07, 6.45) is 2.17. The Morgan fingerprint density at radius 1 is 1.20 bits per heavy atom. The van der Waals surface area contributed by atoms with Gasteiger partial charge in [0.15, 0.2) is 5.82 Å². The molecule has 0 saturated carbocycles. The summed E-state index contributed by atoms with van der Waals surface area (Å²) in [6, 6.07) is 10.1. The zero-order valence-corrected chi connectivity index (χ0v) is 18.6. The van der Waals surface area contributed by atoms with Crippen LogP contribution in [0.2, 0.25) is 0 Å². The van der Waals surface area contributed by atoms with Crippen LogP contribution in [0.1, 0.15) is 56.7 Å². The summed E-state index contributed by atoms with van der Waals surface area (Å²) in [5, 5.41) is 20.7. The topological polar surface area (TPSA) is 69.6 Å². The Balaban J connectivity index is 1.79. The fraction of sp³-hybridized carbons (Fsp3) is 0.542. The first kappa shape index (κ1) is 20.9. The van der Waals surface area contributed by atoms with Crippen molar-refractivity contribution < 1.29 is 9.90 Å². The van der Waals surface area contributed by atoms with Crippen molar-refractivity contribution in [1.29, 1.82) is 0 Å². The molecular formula is C24H32N4O2. The molecule has 160 valence electrons. The van der Waals surface area contributed by atoms with Gasteiger partial charge in [0.1, 0.15) is 5.60 Å². The van der Waals surface area contributed by atoms with Crippen LogP contribution in [0.15, 0.2) is 36.5 Å². The van der Waals surface area contributed by atoms with Gasteiger partial charge >= 0.3 is 0 Å². The van der Waals surface area contributed by atoms with E-state index >= 15 is 0 Å². The molecule has 0 spiro atoms. The van der Waals surface area contributed by atoms with E-state index in [9.17, 15) is 9.90 Å². The average molecular weight is 409 g/mol. The SMILES string of the molecule is CC1CC(=O)N(c2cc([C@@](O)(c3ccc(C(C)C)cc3)C3(C)CN(C)C3)cnn2)C1. The van der Waals surface area contributed by atoms with E-state index in [0.29, 0.717) is 36.2 Å². The Kier molecular flexibility index (Phi) is 5.19. The minimum atomic E-state index is -1.23. The van der Waals surface area contributed by atoms with Gasteiger partial charge in [-0.3, -0.25) is 9.69 Å². The molecule has 2 saturated heterocycles. The van der Waals surface area contributed by atoms with Crippen LogP contribution in [-0.4, -0.2) is 52.8 Å². The van der Waals surface area contributed by atoms with Gasteiger partial charge in [0, 0.05) is 37.0 Å². The van der Waals surface area contributed by atoms with Gasteiger partial charge in [0.2, 0.25) is 5.91 Å². The second kappa shape index (κ2) is 7.43. The molecule has 2 aliphatic rings. The number of rotatable bonds is 5. The Hall–Kier alpha value is -2.31. The minimum absolute atomic E-state index is 0.0633. The fourth-order valence-corrected chi connectivity index (χ4v) is 5.14. The molecule has 6 nitrogen and oxygen atoms in total. The fourth-order valence-electron chi connectivity index (χ4n) is 5.14. The molecule has 1 N–H and O–H groups in total. The van der Waals surface area contributed by atoms with Crippen LogP contribution in [0, 0.1) is 11.3 Å². The highest BCUT2D eigenvalue weighted by atomic mass is 16.3. The number of hydrogen-bond donors (Lipinski definition) is 1. The quantitative estimate of drug-likeness (QED) is 0.823. The van der Waals surface area contributed by atoms with Crippen molar-refractivity contribution in [2.24, 2.45) is 11.3 Å². The Labute approximate surface area is 178 Å². The first-order valence-electron chi connectivity index (χ1n) is 10.8. The third kappa shape index (κ3) is 3.32. The molecule has 3 heterocycles. The number of benzene rings is 1. The van der Waals surface area contributed by atoms with Gasteiger partial charge in [-0.05, 0) is 36.1 Å². The van der Waals surface area contributed by atoms with E-state index in [1.165, 1.54) is 5.56 Å². The van der Waals surface area contributed by atoms with Crippen LogP contribution in [0.4, 0.5) is 5.82 Å². The number of hydrogen-bond acceptors (Lipinski definition) is 5. The molecule has 2 aliphatic heterocycles. The highest BCUT2D eigenvalue weighted by molar-refractivity contribution is 5.94. The third-order valence-electron chi connectivity index (χ3n) is 6.76. The molecule has 1 aromatic carbocycles. The van der Waals surface area contributed by atoms with E-state index in [4.69, 9.17) is 0 Å². The standard InChI is InChI=1S/C24H32N4O2/c1-16(2)18-6-8-19(9-7-18)24(30,23(4)14-27(5)15-23)20-11-21(26-25-12-20)28-13-17(3)10-22(28)29/h6-9,11-12,16-17,30H,10,13-15H2,1-5H3/t17?,24-/m0/s1. The molecule has 2 aromatic rings. The zero-order valence-electron chi connectivity index (χ0n) is 18.6. The van der Waals surface area contributed by atoms with E-state index in [-0.39, 0.29) is 11.3 Å². The smallest absolute Gasteiger partial charge is 0.228 e. The summed E-state index contributed by atoms with van der Waals surface area (Å²) in [7, 11) is 2.06. The van der Waals surface area contributed by atoms with Crippen LogP contribution >= 0.6 is 0 Å². The average Bonchev–Trinajstić information content (AvgIpc) is 3.04. The Morgan fingerprint density at radius 2 is 1.87 bits per heavy atom. The number of amides is 1. The largest absolute Gasteiger partial charge is 0.380 e. The van der Waals surface area contributed by atoms with Gasteiger partial charge in [-0.1, -0.05) is 52.0 Å². The normalized spacial score (nSPS) is 23.5. The van der Waals surface area contributed by atoms with Crippen molar-refractivity contribution >= 4 is 11.7 Å². The lowest BCUT2D eigenvalue weighted by molar-refractivity contribution is -0.127. The summed E-state index contributed by atoms with van der Waals surface area (Å²) in [5.74, 6) is 1.31. The molecule has 30 heavy (non-hydrogen) atoms. The number of aliphatic hydroxyl groups is 1. The van der Waals surface area contributed by atoms with Crippen LogP contribution in [0.5, 0.6) is 0 Å². The van der Waals surface area contributed by atoms with Crippen LogP contribution in [-0.2, 0) is 10.4 Å². The monoisotopic (exact) mass is 408 g/mol. The Bertz CT molecular complexity index is 936. The first-order valence-corrected chi connectivity index (χ1v) is 10.8. The number of carbonyl (C=O) groups is 1. The maximum Gasteiger partial charge on any atom is 0.228 e. The lowest BCUT2D eigenvalue weighted by Crippen LogP contribution is -2.63. The predicted octanol–water partition coefficient (Wildman–Crippen LogP) is 3.16. The van der Waals surface area contributed by atoms with Crippen molar-refractivity contribution in [2.75, 3.05) is 31.6 Å². The maximum absolute atomic E-state index is 12.4. The van der Waals surface area contributed by atoms with Gasteiger partial charge < -0.3 is 10.0 Å².